The van der Waals surface area contributed by atoms with Crippen LogP contribution in [0.3, 0.4) is 0 Å². The Balaban J connectivity index is 0.000000791. The van der Waals surface area contributed by atoms with Gasteiger partial charge in [-0.1, -0.05) is 13.8 Å². The SMILES string of the molecule is CC.Cc1cnc(C(F)(F)F)cc1C. The molecule has 0 radical (unpaired) electrons. The number of aryl methyl sites for hydroxylation is 2. The van der Waals surface area contributed by atoms with Gasteiger partial charge in [0.1, 0.15) is 5.69 Å². The van der Waals surface area contributed by atoms with Crippen LogP contribution in [0.1, 0.15) is 30.7 Å². The van der Waals surface area contributed by atoms with Gasteiger partial charge in [-0.3, -0.25) is 4.98 Å². The summed E-state index contributed by atoms with van der Waals surface area (Å²) in [5, 5.41) is 0. The van der Waals surface area contributed by atoms with Crippen LogP contribution in [0.25, 0.3) is 0 Å². The highest BCUT2D eigenvalue weighted by Gasteiger charge is 2.32. The second-order valence-electron chi connectivity index (χ2n) is 2.65. The summed E-state index contributed by atoms with van der Waals surface area (Å²) in [6, 6.07) is 1.05. The zero-order valence-corrected chi connectivity index (χ0v) is 8.74. The van der Waals surface area contributed by atoms with Crippen molar-refractivity contribution >= 4 is 0 Å². The van der Waals surface area contributed by atoms with E-state index in [0.29, 0.717) is 5.56 Å². The van der Waals surface area contributed by atoms with Gasteiger partial charge in [0.05, 0.1) is 0 Å². The van der Waals surface area contributed by atoms with E-state index in [1.165, 1.54) is 6.20 Å². The molecule has 0 aliphatic rings. The molecule has 0 saturated heterocycles. The van der Waals surface area contributed by atoms with Gasteiger partial charge in [-0.15, -0.1) is 0 Å². The van der Waals surface area contributed by atoms with Gasteiger partial charge in [0.25, 0.3) is 0 Å². The first-order valence-corrected chi connectivity index (χ1v) is 4.41. The van der Waals surface area contributed by atoms with E-state index in [1.807, 2.05) is 13.8 Å². The smallest absolute Gasteiger partial charge is 0.251 e. The summed E-state index contributed by atoms with van der Waals surface area (Å²) in [6.07, 6.45) is -3.10. The lowest BCUT2D eigenvalue weighted by Gasteiger charge is -2.06. The van der Waals surface area contributed by atoms with Gasteiger partial charge in [-0.25, -0.2) is 0 Å². The Labute approximate surface area is 82.0 Å². The highest BCUT2D eigenvalue weighted by atomic mass is 19.4. The molecule has 0 bridgehead atoms. The van der Waals surface area contributed by atoms with Crippen LogP contribution >= 0.6 is 0 Å². The third-order valence-corrected chi connectivity index (χ3v) is 1.66. The first-order chi connectivity index (χ1) is 6.41. The molecular weight excluding hydrogens is 191 g/mol. The third-order valence-electron chi connectivity index (χ3n) is 1.66. The minimum Gasteiger partial charge on any atom is -0.251 e. The van der Waals surface area contributed by atoms with Gasteiger partial charge in [0.2, 0.25) is 0 Å². The van der Waals surface area contributed by atoms with Gasteiger partial charge in [-0.05, 0) is 31.0 Å². The molecule has 1 rings (SSSR count). The van der Waals surface area contributed by atoms with E-state index in [2.05, 4.69) is 4.98 Å². The van der Waals surface area contributed by atoms with E-state index in [-0.39, 0.29) is 0 Å². The Morgan fingerprint density at radius 2 is 1.57 bits per heavy atom. The largest absolute Gasteiger partial charge is 0.433 e. The maximum Gasteiger partial charge on any atom is 0.433 e. The molecule has 1 nitrogen and oxygen atoms in total. The van der Waals surface area contributed by atoms with Gasteiger partial charge in [0, 0.05) is 6.20 Å². The second-order valence-corrected chi connectivity index (χ2v) is 2.65. The lowest BCUT2D eigenvalue weighted by molar-refractivity contribution is -0.141. The minimum atomic E-state index is -4.33. The van der Waals surface area contributed by atoms with Crippen molar-refractivity contribution in [2.45, 2.75) is 33.9 Å². The van der Waals surface area contributed by atoms with Crippen LogP contribution in [0.2, 0.25) is 0 Å². The van der Waals surface area contributed by atoms with Crippen molar-refractivity contribution in [1.29, 1.82) is 0 Å². The van der Waals surface area contributed by atoms with E-state index >= 15 is 0 Å². The molecule has 1 aromatic rings. The molecule has 0 atom stereocenters. The highest BCUT2D eigenvalue weighted by molar-refractivity contribution is 5.24. The molecule has 0 spiro atoms. The predicted molar refractivity (Wildman–Crippen MR) is 50.1 cm³/mol. The van der Waals surface area contributed by atoms with Crippen LogP contribution in [0.5, 0.6) is 0 Å². The molecule has 14 heavy (non-hydrogen) atoms. The van der Waals surface area contributed by atoms with Crippen molar-refractivity contribution in [3.63, 3.8) is 0 Å². The fraction of sp³-hybridized carbons (Fsp3) is 0.500. The molecule has 0 aliphatic carbocycles. The molecule has 80 valence electrons. The number of pyridine rings is 1. The Morgan fingerprint density at radius 1 is 1.07 bits per heavy atom. The maximum atomic E-state index is 12.0. The Morgan fingerprint density at radius 3 is 1.93 bits per heavy atom. The minimum absolute atomic E-state index is 0.609. The van der Waals surface area contributed by atoms with Crippen LogP contribution in [-0.4, -0.2) is 4.98 Å². The van der Waals surface area contributed by atoms with E-state index in [1.54, 1.807) is 13.8 Å². The maximum absolute atomic E-state index is 12.0. The lowest BCUT2D eigenvalue weighted by Crippen LogP contribution is -2.08. The molecule has 4 heteroatoms. The molecule has 0 fully saturated rings. The van der Waals surface area contributed by atoms with Crippen molar-refractivity contribution in [2.75, 3.05) is 0 Å². The fourth-order valence-corrected chi connectivity index (χ4v) is 0.779. The number of hydrogen-bond acceptors (Lipinski definition) is 1. The number of alkyl halides is 3. The van der Waals surface area contributed by atoms with Crippen LogP contribution in [0.15, 0.2) is 12.3 Å². The molecule has 0 saturated carbocycles. The normalized spacial score (nSPS) is 10.5. The van der Waals surface area contributed by atoms with E-state index in [9.17, 15) is 13.2 Å². The Hall–Kier alpha value is -1.06. The first-order valence-electron chi connectivity index (χ1n) is 4.41. The van der Waals surface area contributed by atoms with Crippen LogP contribution in [-0.2, 0) is 6.18 Å². The van der Waals surface area contributed by atoms with Crippen molar-refractivity contribution in [1.82, 2.24) is 4.98 Å². The van der Waals surface area contributed by atoms with Gasteiger partial charge in [-0.2, -0.15) is 13.2 Å². The monoisotopic (exact) mass is 205 g/mol. The van der Waals surface area contributed by atoms with Crippen molar-refractivity contribution in [3.05, 3.63) is 29.1 Å². The van der Waals surface area contributed by atoms with Gasteiger partial charge < -0.3 is 0 Å². The third kappa shape index (κ3) is 3.36. The highest BCUT2D eigenvalue weighted by Crippen LogP contribution is 2.28. The lowest BCUT2D eigenvalue weighted by atomic mass is 10.1. The van der Waals surface area contributed by atoms with E-state index in [0.717, 1.165) is 11.6 Å². The second kappa shape index (κ2) is 4.98. The fourth-order valence-electron chi connectivity index (χ4n) is 0.779. The average Bonchev–Trinajstić information content (AvgIpc) is 2.11. The topological polar surface area (TPSA) is 12.9 Å². The van der Waals surface area contributed by atoms with E-state index in [4.69, 9.17) is 0 Å². The molecule has 0 amide bonds. The summed E-state index contributed by atoms with van der Waals surface area (Å²) in [7, 11) is 0. The van der Waals surface area contributed by atoms with Crippen molar-refractivity contribution < 1.29 is 13.2 Å². The predicted octanol–water partition coefficient (Wildman–Crippen LogP) is 3.74. The molecule has 0 aliphatic heterocycles. The molecule has 0 aromatic carbocycles. The molecule has 1 heterocycles. The Kier molecular flexibility index (Phi) is 4.60. The van der Waals surface area contributed by atoms with Crippen LogP contribution < -0.4 is 0 Å². The number of rotatable bonds is 0. The summed E-state index contributed by atoms with van der Waals surface area (Å²) in [5.41, 5.74) is 0.547. The van der Waals surface area contributed by atoms with Gasteiger partial charge >= 0.3 is 6.18 Å². The van der Waals surface area contributed by atoms with Crippen LogP contribution in [0.4, 0.5) is 13.2 Å². The summed E-state index contributed by atoms with van der Waals surface area (Å²) < 4.78 is 36.1. The number of aromatic nitrogens is 1. The van der Waals surface area contributed by atoms with Crippen LogP contribution in [0, 0.1) is 13.8 Å². The summed E-state index contributed by atoms with van der Waals surface area (Å²) in [6.45, 7) is 7.36. The molecule has 0 unspecified atom stereocenters. The summed E-state index contributed by atoms with van der Waals surface area (Å²) in [5.74, 6) is 0. The van der Waals surface area contributed by atoms with E-state index < -0.39 is 11.9 Å². The number of halogens is 3. The summed E-state index contributed by atoms with van der Waals surface area (Å²) >= 11 is 0. The molecule has 0 N–H and O–H groups in total. The quantitative estimate of drug-likeness (QED) is 0.628. The zero-order valence-electron chi connectivity index (χ0n) is 8.74. The molecule has 1 aromatic heterocycles. The van der Waals surface area contributed by atoms with Crippen molar-refractivity contribution in [3.8, 4) is 0 Å². The summed E-state index contributed by atoms with van der Waals surface area (Å²) in [4.78, 5) is 3.29. The molecular formula is C10H14F3N. The zero-order chi connectivity index (χ0) is 11.4. The number of nitrogens with zero attached hydrogens (tertiary/aromatic N) is 1. The Bertz CT molecular complexity index is 292. The standard InChI is InChI=1S/C8H8F3N.C2H6/c1-5-3-7(8(9,10)11)12-4-6(5)2;1-2/h3-4H,1-2H3;1-2H3. The first kappa shape index (κ1) is 12.9. The van der Waals surface area contributed by atoms with Crippen molar-refractivity contribution in [2.24, 2.45) is 0 Å². The van der Waals surface area contributed by atoms with Gasteiger partial charge in [0.15, 0.2) is 0 Å². The average molecular weight is 205 g/mol. The number of hydrogen-bond donors (Lipinski definition) is 0.